The number of aromatic nitrogens is 2. The smallest absolute Gasteiger partial charge is 0.224 e. The van der Waals surface area contributed by atoms with Gasteiger partial charge in [-0.25, -0.2) is 4.98 Å². The highest BCUT2D eigenvalue weighted by Gasteiger charge is 2.23. The molecule has 2 rings (SSSR count). The van der Waals surface area contributed by atoms with E-state index in [-0.39, 0.29) is 12.1 Å². The van der Waals surface area contributed by atoms with Crippen molar-refractivity contribution in [1.82, 2.24) is 9.97 Å². The van der Waals surface area contributed by atoms with Crippen molar-refractivity contribution in [2.45, 2.75) is 58.1 Å². The van der Waals surface area contributed by atoms with Gasteiger partial charge in [-0.15, -0.1) is 0 Å². The van der Waals surface area contributed by atoms with Crippen LogP contribution < -0.4 is 10.6 Å². The minimum atomic E-state index is -0.268. The number of rotatable bonds is 5. The third-order valence-corrected chi connectivity index (χ3v) is 3.45. The monoisotopic (exact) mass is 264 g/mol. The number of nitrogens with zero attached hydrogens (tertiary/aromatic N) is 2. The van der Waals surface area contributed by atoms with E-state index < -0.39 is 0 Å². The second kappa shape index (κ2) is 6.70. The molecule has 19 heavy (non-hydrogen) atoms. The summed E-state index contributed by atoms with van der Waals surface area (Å²) in [6.45, 7) is 4.94. The van der Waals surface area contributed by atoms with E-state index in [4.69, 9.17) is 0 Å². The lowest BCUT2D eigenvalue weighted by molar-refractivity contribution is 0.116. The van der Waals surface area contributed by atoms with Crippen molar-refractivity contribution in [3.05, 3.63) is 11.8 Å². The van der Waals surface area contributed by atoms with Gasteiger partial charge in [0.2, 0.25) is 5.95 Å². The molecule has 1 saturated carbocycles. The fourth-order valence-electron chi connectivity index (χ4n) is 2.43. The average molecular weight is 264 g/mol. The van der Waals surface area contributed by atoms with Gasteiger partial charge in [0.15, 0.2) is 0 Å². The van der Waals surface area contributed by atoms with Crippen LogP contribution in [0.3, 0.4) is 0 Å². The first-order valence-corrected chi connectivity index (χ1v) is 7.23. The zero-order valence-electron chi connectivity index (χ0n) is 11.8. The quantitative estimate of drug-likeness (QED) is 0.761. The average Bonchev–Trinajstić information content (AvgIpc) is 2.38. The first-order valence-electron chi connectivity index (χ1n) is 7.23. The van der Waals surface area contributed by atoms with Gasteiger partial charge in [0.25, 0.3) is 0 Å². The number of nitrogens with one attached hydrogen (secondary N) is 2. The molecule has 1 aliphatic rings. The van der Waals surface area contributed by atoms with Crippen LogP contribution in [0.25, 0.3) is 0 Å². The molecule has 1 aliphatic carbocycles. The topological polar surface area (TPSA) is 70.1 Å². The van der Waals surface area contributed by atoms with Gasteiger partial charge in [-0.1, -0.05) is 19.8 Å². The highest BCUT2D eigenvalue weighted by atomic mass is 16.3. The first-order chi connectivity index (χ1) is 9.19. The summed E-state index contributed by atoms with van der Waals surface area (Å²) in [5, 5.41) is 16.5. The molecule has 0 spiro atoms. The summed E-state index contributed by atoms with van der Waals surface area (Å²) < 4.78 is 0. The number of aryl methyl sites for hydroxylation is 1. The van der Waals surface area contributed by atoms with E-state index in [1.165, 1.54) is 6.42 Å². The van der Waals surface area contributed by atoms with Gasteiger partial charge in [0.1, 0.15) is 5.82 Å². The van der Waals surface area contributed by atoms with E-state index in [1.54, 1.807) is 0 Å². The fraction of sp³-hybridized carbons (Fsp3) is 0.714. The molecule has 0 saturated heterocycles. The molecule has 1 heterocycles. The molecule has 5 nitrogen and oxygen atoms in total. The number of aliphatic hydroxyl groups is 1. The van der Waals surface area contributed by atoms with Gasteiger partial charge in [-0.2, -0.15) is 4.98 Å². The molecule has 0 amide bonds. The summed E-state index contributed by atoms with van der Waals surface area (Å²) in [6.07, 6.45) is 4.94. The number of aliphatic hydroxyl groups excluding tert-OH is 1. The van der Waals surface area contributed by atoms with Crippen molar-refractivity contribution in [3.8, 4) is 0 Å². The number of hydrogen-bond donors (Lipinski definition) is 3. The normalized spacial score (nSPS) is 23.1. The lowest BCUT2D eigenvalue weighted by atomic mass is 9.92. The Morgan fingerprint density at radius 3 is 2.84 bits per heavy atom. The standard InChI is InChI=1S/C14H24N4O/c1-3-8-15-14-16-10(2)9-13(18-14)17-11-6-4-5-7-12(11)19/h9,11-12,19H,3-8H2,1-2H3,(H2,15,16,17,18). The van der Waals surface area contributed by atoms with Gasteiger partial charge >= 0.3 is 0 Å². The molecule has 1 aromatic rings. The van der Waals surface area contributed by atoms with Gasteiger partial charge in [0.05, 0.1) is 12.1 Å². The Kier molecular flexibility index (Phi) is 4.96. The minimum absolute atomic E-state index is 0.113. The maximum atomic E-state index is 9.99. The van der Waals surface area contributed by atoms with E-state index >= 15 is 0 Å². The molecule has 0 aromatic carbocycles. The lowest BCUT2D eigenvalue weighted by Crippen LogP contribution is -2.36. The van der Waals surface area contributed by atoms with Crippen molar-refractivity contribution in [3.63, 3.8) is 0 Å². The Balaban J connectivity index is 2.04. The van der Waals surface area contributed by atoms with Crippen LogP contribution in [0.5, 0.6) is 0 Å². The lowest BCUT2D eigenvalue weighted by Gasteiger charge is -2.28. The highest BCUT2D eigenvalue weighted by molar-refractivity contribution is 5.43. The van der Waals surface area contributed by atoms with Gasteiger partial charge < -0.3 is 15.7 Å². The van der Waals surface area contributed by atoms with Crippen LogP contribution in [-0.2, 0) is 0 Å². The zero-order valence-corrected chi connectivity index (χ0v) is 11.8. The SMILES string of the molecule is CCCNc1nc(C)cc(NC2CCCCC2O)n1. The van der Waals surface area contributed by atoms with Gasteiger partial charge in [-0.3, -0.25) is 0 Å². The molecule has 2 atom stereocenters. The van der Waals surface area contributed by atoms with Crippen LogP contribution in [0.2, 0.25) is 0 Å². The third kappa shape index (κ3) is 4.06. The predicted octanol–water partition coefficient (Wildman–Crippen LogP) is 2.32. The fourth-order valence-corrected chi connectivity index (χ4v) is 2.43. The van der Waals surface area contributed by atoms with Crippen LogP contribution in [0, 0.1) is 6.92 Å². The van der Waals surface area contributed by atoms with Gasteiger partial charge in [0, 0.05) is 18.3 Å². The summed E-state index contributed by atoms with van der Waals surface area (Å²) in [4.78, 5) is 8.81. The van der Waals surface area contributed by atoms with E-state index in [2.05, 4.69) is 27.5 Å². The summed E-state index contributed by atoms with van der Waals surface area (Å²) >= 11 is 0. The van der Waals surface area contributed by atoms with E-state index in [9.17, 15) is 5.11 Å². The third-order valence-electron chi connectivity index (χ3n) is 3.45. The summed E-state index contributed by atoms with van der Waals surface area (Å²) in [6, 6.07) is 2.04. The van der Waals surface area contributed by atoms with Crippen LogP contribution in [0.4, 0.5) is 11.8 Å². The van der Waals surface area contributed by atoms with E-state index in [0.717, 1.165) is 43.7 Å². The van der Waals surface area contributed by atoms with Crippen LogP contribution >= 0.6 is 0 Å². The largest absolute Gasteiger partial charge is 0.391 e. The molecule has 106 valence electrons. The first kappa shape index (κ1) is 14.1. The number of anilines is 2. The maximum Gasteiger partial charge on any atom is 0.224 e. The Hall–Kier alpha value is -1.36. The molecule has 0 aliphatic heterocycles. The van der Waals surface area contributed by atoms with Crippen LogP contribution in [0.1, 0.15) is 44.7 Å². The summed E-state index contributed by atoms with van der Waals surface area (Å²) in [5.41, 5.74) is 0.932. The maximum absolute atomic E-state index is 9.99. The van der Waals surface area contributed by atoms with Gasteiger partial charge in [-0.05, 0) is 26.2 Å². The predicted molar refractivity (Wildman–Crippen MR) is 77.4 cm³/mol. The second-order valence-corrected chi connectivity index (χ2v) is 5.25. The Bertz CT molecular complexity index is 410. The Labute approximate surface area is 114 Å². The molecule has 0 bridgehead atoms. The molecule has 0 radical (unpaired) electrons. The van der Waals surface area contributed by atoms with Crippen molar-refractivity contribution >= 4 is 11.8 Å². The molecule has 2 unspecified atom stereocenters. The summed E-state index contributed by atoms with van der Waals surface area (Å²) in [7, 11) is 0. The van der Waals surface area contributed by atoms with Crippen LogP contribution in [-0.4, -0.2) is 33.8 Å². The van der Waals surface area contributed by atoms with E-state index in [0.29, 0.717) is 5.95 Å². The molecule has 5 heteroatoms. The second-order valence-electron chi connectivity index (χ2n) is 5.25. The Morgan fingerprint density at radius 1 is 1.32 bits per heavy atom. The Morgan fingerprint density at radius 2 is 2.11 bits per heavy atom. The van der Waals surface area contributed by atoms with Crippen molar-refractivity contribution in [2.24, 2.45) is 0 Å². The zero-order chi connectivity index (χ0) is 13.7. The van der Waals surface area contributed by atoms with Crippen molar-refractivity contribution in [2.75, 3.05) is 17.2 Å². The number of hydrogen-bond acceptors (Lipinski definition) is 5. The van der Waals surface area contributed by atoms with Crippen LogP contribution in [0.15, 0.2) is 6.07 Å². The molecular weight excluding hydrogens is 240 g/mol. The van der Waals surface area contributed by atoms with E-state index in [1.807, 2.05) is 13.0 Å². The summed E-state index contributed by atoms with van der Waals surface area (Å²) in [5.74, 6) is 1.46. The molecule has 1 fully saturated rings. The van der Waals surface area contributed by atoms with Crippen molar-refractivity contribution < 1.29 is 5.11 Å². The molecule has 3 N–H and O–H groups in total. The molecular formula is C14H24N4O. The minimum Gasteiger partial charge on any atom is -0.391 e. The highest BCUT2D eigenvalue weighted by Crippen LogP contribution is 2.22. The van der Waals surface area contributed by atoms with Crippen molar-refractivity contribution in [1.29, 1.82) is 0 Å². The molecule has 1 aromatic heterocycles.